The van der Waals surface area contributed by atoms with E-state index in [-0.39, 0.29) is 11.7 Å². The lowest BCUT2D eigenvalue weighted by Gasteiger charge is -2.13. The normalized spacial score (nSPS) is 13.0. The number of esters is 1. The van der Waals surface area contributed by atoms with Crippen molar-refractivity contribution in [3.05, 3.63) is 71.5 Å². The summed E-state index contributed by atoms with van der Waals surface area (Å²) in [5, 5.41) is 9.36. The molecule has 2 rings (SSSR count). The van der Waals surface area contributed by atoms with Crippen LogP contribution in [0.15, 0.2) is 60.4 Å². The number of benzene rings is 2. The average Bonchev–Trinajstić information content (AvgIpc) is 2.62. The van der Waals surface area contributed by atoms with Crippen molar-refractivity contribution < 1.29 is 14.6 Å². The Hall–Kier alpha value is -3.01. The molecule has 0 saturated carbocycles. The lowest BCUT2D eigenvalue weighted by Crippen LogP contribution is -2.07. The summed E-state index contributed by atoms with van der Waals surface area (Å²) >= 11 is 0. The summed E-state index contributed by atoms with van der Waals surface area (Å²) in [6, 6.07) is 14.0. The fourth-order valence-electron chi connectivity index (χ4n) is 2.13. The van der Waals surface area contributed by atoms with Crippen molar-refractivity contribution in [2.45, 2.75) is 20.3 Å². The number of aromatic hydroxyl groups is 1. The number of carbonyl (C=O) groups excluding carboxylic acids is 1. The van der Waals surface area contributed by atoms with Gasteiger partial charge in [0.15, 0.2) is 0 Å². The van der Waals surface area contributed by atoms with E-state index < -0.39 is 5.97 Å². The van der Waals surface area contributed by atoms with Crippen molar-refractivity contribution in [3.63, 3.8) is 0 Å². The molecule has 0 aromatic heterocycles. The summed E-state index contributed by atoms with van der Waals surface area (Å²) in [5.41, 5.74) is 8.06. The quantitative estimate of drug-likeness (QED) is 0.349. The molecule has 0 amide bonds. The first-order valence-electron chi connectivity index (χ1n) is 8.24. The largest absolute Gasteiger partial charge is 0.508 e. The zero-order chi connectivity index (χ0) is 18.2. The van der Waals surface area contributed by atoms with Crippen LogP contribution in [-0.4, -0.2) is 11.1 Å². The van der Waals surface area contributed by atoms with Crippen LogP contribution in [0.2, 0.25) is 0 Å². The number of carbonyl (C=O) groups is 1. The van der Waals surface area contributed by atoms with E-state index in [0.717, 1.165) is 17.5 Å². The summed E-state index contributed by atoms with van der Waals surface area (Å²) in [6.07, 6.45) is 5.76. The number of nitrogen functional groups attached to an aromatic ring is 1. The number of phenols is 1. The SMILES string of the molecule is CCC(C)/C(=C/c1ccc(O)cc1)OC(=O)/C=C/c1ccc(N)cc1. The second-order valence-corrected chi connectivity index (χ2v) is 5.87. The number of nitrogens with two attached hydrogens (primary N) is 1. The number of rotatable bonds is 6. The van der Waals surface area contributed by atoms with E-state index in [1.165, 1.54) is 6.08 Å². The molecule has 0 aliphatic carbocycles. The van der Waals surface area contributed by atoms with E-state index in [2.05, 4.69) is 0 Å². The van der Waals surface area contributed by atoms with Gasteiger partial charge in [-0.05, 0) is 54.0 Å². The third-order valence-electron chi connectivity index (χ3n) is 3.87. The fourth-order valence-corrected chi connectivity index (χ4v) is 2.13. The summed E-state index contributed by atoms with van der Waals surface area (Å²) in [4.78, 5) is 12.1. The molecule has 0 fully saturated rings. The minimum Gasteiger partial charge on any atom is -0.508 e. The molecule has 3 N–H and O–H groups in total. The number of phenolic OH excluding ortho intramolecular Hbond substituents is 1. The van der Waals surface area contributed by atoms with Crippen molar-refractivity contribution in [2.75, 3.05) is 5.73 Å². The van der Waals surface area contributed by atoms with Crippen LogP contribution in [0.5, 0.6) is 5.75 Å². The monoisotopic (exact) mass is 337 g/mol. The summed E-state index contributed by atoms with van der Waals surface area (Å²) in [7, 11) is 0. The molecule has 25 heavy (non-hydrogen) atoms. The molecular formula is C21H23NO3. The van der Waals surface area contributed by atoms with Gasteiger partial charge in [0, 0.05) is 17.7 Å². The Labute approximate surface area is 148 Å². The number of anilines is 1. The van der Waals surface area contributed by atoms with Gasteiger partial charge in [-0.3, -0.25) is 0 Å². The van der Waals surface area contributed by atoms with E-state index in [9.17, 15) is 9.90 Å². The van der Waals surface area contributed by atoms with E-state index in [0.29, 0.717) is 11.4 Å². The number of allylic oxidation sites excluding steroid dienone is 1. The van der Waals surface area contributed by atoms with Crippen LogP contribution in [0.25, 0.3) is 12.2 Å². The van der Waals surface area contributed by atoms with Crippen LogP contribution in [0, 0.1) is 5.92 Å². The van der Waals surface area contributed by atoms with Gasteiger partial charge in [0.1, 0.15) is 11.5 Å². The van der Waals surface area contributed by atoms with Crippen LogP contribution >= 0.6 is 0 Å². The molecule has 0 aliphatic rings. The van der Waals surface area contributed by atoms with Gasteiger partial charge in [0.05, 0.1) is 0 Å². The van der Waals surface area contributed by atoms with Crippen molar-refractivity contribution in [2.24, 2.45) is 5.92 Å². The zero-order valence-electron chi connectivity index (χ0n) is 14.5. The predicted octanol–water partition coefficient (Wildman–Crippen LogP) is 4.62. The van der Waals surface area contributed by atoms with E-state index >= 15 is 0 Å². The number of ether oxygens (including phenoxy) is 1. The third-order valence-corrected chi connectivity index (χ3v) is 3.87. The van der Waals surface area contributed by atoms with Crippen molar-refractivity contribution in [1.29, 1.82) is 0 Å². The molecule has 4 nitrogen and oxygen atoms in total. The number of hydrogen-bond acceptors (Lipinski definition) is 4. The van der Waals surface area contributed by atoms with Crippen LogP contribution in [-0.2, 0) is 9.53 Å². The minimum absolute atomic E-state index is 0.0997. The Kier molecular flexibility index (Phi) is 6.40. The van der Waals surface area contributed by atoms with Gasteiger partial charge < -0.3 is 15.6 Å². The van der Waals surface area contributed by atoms with Crippen LogP contribution < -0.4 is 5.73 Å². The summed E-state index contributed by atoms with van der Waals surface area (Å²) < 4.78 is 5.53. The highest BCUT2D eigenvalue weighted by molar-refractivity contribution is 5.88. The molecule has 2 aromatic rings. The van der Waals surface area contributed by atoms with Crippen molar-refractivity contribution >= 4 is 23.8 Å². The topological polar surface area (TPSA) is 72.5 Å². The lowest BCUT2D eigenvalue weighted by atomic mass is 10.0. The first kappa shape index (κ1) is 18.3. The standard InChI is InChI=1S/C21H23NO3/c1-3-15(2)20(14-17-6-11-19(23)12-7-17)25-21(24)13-8-16-4-9-18(22)10-5-16/h4-15,23H,3,22H2,1-2H3/b13-8+,20-14-. The maximum absolute atomic E-state index is 12.1. The molecule has 4 heteroatoms. The maximum Gasteiger partial charge on any atom is 0.335 e. The third kappa shape index (κ3) is 5.84. The average molecular weight is 337 g/mol. The second kappa shape index (κ2) is 8.73. The highest BCUT2D eigenvalue weighted by atomic mass is 16.5. The minimum atomic E-state index is -0.429. The molecule has 1 unspecified atom stereocenters. The van der Waals surface area contributed by atoms with Gasteiger partial charge in [-0.15, -0.1) is 0 Å². The molecule has 0 spiro atoms. The zero-order valence-corrected chi connectivity index (χ0v) is 14.5. The fraction of sp³-hybridized carbons (Fsp3) is 0.190. The molecular weight excluding hydrogens is 314 g/mol. The van der Waals surface area contributed by atoms with Crippen LogP contribution in [0.3, 0.4) is 0 Å². The van der Waals surface area contributed by atoms with Gasteiger partial charge in [0.25, 0.3) is 0 Å². The van der Waals surface area contributed by atoms with Gasteiger partial charge in [-0.25, -0.2) is 4.79 Å². The summed E-state index contributed by atoms with van der Waals surface area (Å²) in [6.45, 7) is 4.04. The highest BCUT2D eigenvalue weighted by Crippen LogP contribution is 2.21. The maximum atomic E-state index is 12.1. The van der Waals surface area contributed by atoms with Crippen molar-refractivity contribution in [1.82, 2.24) is 0 Å². The molecule has 0 bridgehead atoms. The van der Waals surface area contributed by atoms with E-state index in [4.69, 9.17) is 10.5 Å². The van der Waals surface area contributed by atoms with E-state index in [1.807, 2.05) is 32.1 Å². The number of hydrogen-bond donors (Lipinski definition) is 2. The Morgan fingerprint density at radius 3 is 2.32 bits per heavy atom. The first-order valence-corrected chi connectivity index (χ1v) is 8.24. The first-order chi connectivity index (χ1) is 12.0. The van der Waals surface area contributed by atoms with Crippen LogP contribution in [0.4, 0.5) is 5.69 Å². The highest BCUT2D eigenvalue weighted by Gasteiger charge is 2.12. The molecule has 130 valence electrons. The molecule has 0 saturated heterocycles. The second-order valence-electron chi connectivity index (χ2n) is 5.87. The molecule has 0 radical (unpaired) electrons. The van der Waals surface area contributed by atoms with Gasteiger partial charge in [-0.2, -0.15) is 0 Å². The van der Waals surface area contributed by atoms with E-state index in [1.54, 1.807) is 42.5 Å². The smallest absolute Gasteiger partial charge is 0.335 e. The summed E-state index contributed by atoms with van der Waals surface area (Å²) in [5.74, 6) is 0.468. The van der Waals surface area contributed by atoms with Gasteiger partial charge >= 0.3 is 5.97 Å². The van der Waals surface area contributed by atoms with Gasteiger partial charge in [-0.1, -0.05) is 38.1 Å². The molecule has 2 aromatic carbocycles. The Balaban J connectivity index is 2.11. The molecule has 0 aliphatic heterocycles. The Morgan fingerprint density at radius 2 is 1.72 bits per heavy atom. The Morgan fingerprint density at radius 1 is 1.12 bits per heavy atom. The Bertz CT molecular complexity index is 759. The lowest BCUT2D eigenvalue weighted by molar-refractivity contribution is -0.134. The van der Waals surface area contributed by atoms with Gasteiger partial charge in [0.2, 0.25) is 0 Å². The predicted molar refractivity (Wildman–Crippen MR) is 102 cm³/mol. The molecule has 1 atom stereocenters. The van der Waals surface area contributed by atoms with Crippen molar-refractivity contribution in [3.8, 4) is 5.75 Å². The molecule has 0 heterocycles. The van der Waals surface area contributed by atoms with Crippen LogP contribution in [0.1, 0.15) is 31.4 Å².